The number of nitrogens with one attached hydrogen (secondary N) is 2. The third kappa shape index (κ3) is 8.43. The Kier molecular flexibility index (Phi) is 11.2. The monoisotopic (exact) mass is 605 g/mol. The predicted molar refractivity (Wildman–Crippen MR) is 162 cm³/mol. The standard InChI is InChI=1S/C27H36ClN7O3S2/c1-3-9-34(11-7-24(36)37)12-8-29-23-15-30-20(14-31-23)26(38)33-27-32-25(21-13-18(28)17-39-21)22(40-27)16-35-10-5-6-19(35)4-2/h13-15,17,19H,3-12,16H2,1-2H3,(H,29,31)(H,36,37)(H,32,33,38)/t19-/m1/s1. The lowest BCUT2D eigenvalue weighted by molar-refractivity contribution is -0.137. The van der Waals surface area contributed by atoms with Crippen LogP contribution in [0.1, 0.15) is 61.3 Å². The maximum absolute atomic E-state index is 13.0. The van der Waals surface area contributed by atoms with Gasteiger partial charge in [0, 0.05) is 42.5 Å². The molecular formula is C27H36ClN7O3S2. The van der Waals surface area contributed by atoms with Gasteiger partial charge in [-0.2, -0.15) is 0 Å². The first kappa shape index (κ1) is 30.3. The van der Waals surface area contributed by atoms with E-state index in [4.69, 9.17) is 21.7 Å². The summed E-state index contributed by atoms with van der Waals surface area (Å²) in [6, 6.07) is 2.49. The lowest BCUT2D eigenvalue weighted by Crippen LogP contribution is -2.32. The fourth-order valence-electron chi connectivity index (χ4n) is 4.84. The summed E-state index contributed by atoms with van der Waals surface area (Å²) < 4.78 is 0. The molecule has 0 bridgehead atoms. The molecule has 3 aromatic rings. The van der Waals surface area contributed by atoms with E-state index in [1.807, 2.05) is 11.4 Å². The molecule has 1 aliphatic rings. The first-order valence-corrected chi connectivity index (χ1v) is 15.7. The Morgan fingerprint density at radius 3 is 2.75 bits per heavy atom. The summed E-state index contributed by atoms with van der Waals surface area (Å²) >= 11 is 9.25. The van der Waals surface area contributed by atoms with Crippen LogP contribution in [0.4, 0.5) is 10.9 Å². The Bertz CT molecular complexity index is 1270. The number of halogens is 1. The number of carboxylic acid groups (broad SMARTS) is 1. The first-order chi connectivity index (χ1) is 19.4. The molecule has 1 saturated heterocycles. The van der Waals surface area contributed by atoms with E-state index in [0.717, 1.165) is 47.9 Å². The predicted octanol–water partition coefficient (Wildman–Crippen LogP) is 5.54. The maximum atomic E-state index is 13.0. The van der Waals surface area contributed by atoms with Crippen molar-refractivity contribution in [2.24, 2.45) is 0 Å². The third-order valence-corrected chi connectivity index (χ3v) is 9.08. The number of anilines is 2. The number of thiophene rings is 1. The van der Waals surface area contributed by atoms with Gasteiger partial charge in [-0.15, -0.1) is 11.3 Å². The second-order valence-corrected chi connectivity index (χ2v) is 12.2. The van der Waals surface area contributed by atoms with Crippen LogP contribution in [0.2, 0.25) is 5.02 Å². The SMILES string of the molecule is CCCN(CCNc1cnc(C(=O)Nc2nc(-c3cc(Cl)cs3)c(CN3CCC[C@H]3CC)s2)cn1)CCC(=O)O. The second-order valence-electron chi connectivity index (χ2n) is 9.75. The summed E-state index contributed by atoms with van der Waals surface area (Å²) in [5.41, 5.74) is 1.06. The molecule has 3 aromatic heterocycles. The van der Waals surface area contributed by atoms with Crippen LogP contribution in [0.25, 0.3) is 10.6 Å². The summed E-state index contributed by atoms with van der Waals surface area (Å²) in [5.74, 6) is -0.618. The summed E-state index contributed by atoms with van der Waals surface area (Å²) in [6.45, 7) is 8.77. The van der Waals surface area contributed by atoms with E-state index in [1.165, 1.54) is 36.6 Å². The fraction of sp³-hybridized carbons (Fsp3) is 0.519. The largest absolute Gasteiger partial charge is 0.481 e. The molecule has 1 amide bonds. The average molecular weight is 606 g/mol. The van der Waals surface area contributed by atoms with Crippen molar-refractivity contribution in [3.63, 3.8) is 0 Å². The molecule has 1 aliphatic heterocycles. The topological polar surface area (TPSA) is 124 Å². The number of hydrogen-bond donors (Lipinski definition) is 3. The molecule has 4 heterocycles. The molecule has 13 heteroatoms. The van der Waals surface area contributed by atoms with Crippen molar-refractivity contribution in [3.8, 4) is 10.6 Å². The molecule has 0 spiro atoms. The molecule has 10 nitrogen and oxygen atoms in total. The van der Waals surface area contributed by atoms with Gasteiger partial charge in [-0.3, -0.25) is 19.8 Å². The van der Waals surface area contributed by atoms with Gasteiger partial charge in [-0.1, -0.05) is 36.8 Å². The summed E-state index contributed by atoms with van der Waals surface area (Å²) in [5, 5.41) is 18.1. The molecule has 0 radical (unpaired) electrons. The van der Waals surface area contributed by atoms with Gasteiger partial charge >= 0.3 is 5.97 Å². The van der Waals surface area contributed by atoms with Crippen molar-refractivity contribution in [2.75, 3.05) is 43.4 Å². The smallest absolute Gasteiger partial charge is 0.304 e. The van der Waals surface area contributed by atoms with E-state index < -0.39 is 5.97 Å². The number of likely N-dealkylation sites (tertiary alicyclic amines) is 1. The lowest BCUT2D eigenvalue weighted by Gasteiger charge is -2.22. The van der Waals surface area contributed by atoms with Crippen molar-refractivity contribution >= 4 is 57.1 Å². The van der Waals surface area contributed by atoms with Gasteiger partial charge in [-0.25, -0.2) is 15.0 Å². The van der Waals surface area contributed by atoms with Crippen LogP contribution in [0.15, 0.2) is 23.8 Å². The van der Waals surface area contributed by atoms with Crippen molar-refractivity contribution in [1.29, 1.82) is 0 Å². The number of thiazole rings is 1. The Morgan fingerprint density at radius 2 is 2.08 bits per heavy atom. The molecule has 3 N–H and O–H groups in total. The number of carboxylic acids is 1. The third-order valence-electron chi connectivity index (χ3n) is 6.84. The van der Waals surface area contributed by atoms with Gasteiger partial charge in [0.1, 0.15) is 11.5 Å². The lowest BCUT2D eigenvalue weighted by atomic mass is 10.1. The van der Waals surface area contributed by atoms with E-state index in [0.29, 0.717) is 41.6 Å². The van der Waals surface area contributed by atoms with E-state index >= 15 is 0 Å². The van der Waals surface area contributed by atoms with Crippen molar-refractivity contribution < 1.29 is 14.7 Å². The fourth-order valence-corrected chi connectivity index (χ4v) is 6.99. The molecule has 40 heavy (non-hydrogen) atoms. The van der Waals surface area contributed by atoms with E-state index in [-0.39, 0.29) is 18.0 Å². The van der Waals surface area contributed by atoms with Crippen LogP contribution in [0, 0.1) is 0 Å². The van der Waals surface area contributed by atoms with Crippen LogP contribution in [-0.4, -0.2) is 80.5 Å². The molecule has 0 aliphatic carbocycles. The Labute approximate surface area is 247 Å². The van der Waals surface area contributed by atoms with E-state index in [2.05, 4.69) is 44.2 Å². The zero-order valence-electron chi connectivity index (χ0n) is 22.9. The number of rotatable bonds is 15. The summed E-state index contributed by atoms with van der Waals surface area (Å²) in [7, 11) is 0. The van der Waals surface area contributed by atoms with Gasteiger partial charge in [0.15, 0.2) is 5.13 Å². The minimum atomic E-state index is -0.799. The minimum absolute atomic E-state index is 0.115. The average Bonchev–Trinajstić information content (AvgIpc) is 3.67. The number of aromatic nitrogens is 3. The van der Waals surface area contributed by atoms with Gasteiger partial charge < -0.3 is 15.3 Å². The minimum Gasteiger partial charge on any atom is -0.481 e. The van der Waals surface area contributed by atoms with Crippen LogP contribution >= 0.6 is 34.3 Å². The normalized spacial score (nSPS) is 15.6. The number of carbonyl (C=O) groups excluding carboxylic acids is 1. The Morgan fingerprint density at radius 1 is 1.23 bits per heavy atom. The van der Waals surface area contributed by atoms with Crippen molar-refractivity contribution in [3.05, 3.63) is 39.4 Å². The van der Waals surface area contributed by atoms with Gasteiger partial charge in [0.05, 0.1) is 34.4 Å². The Balaban J connectivity index is 1.37. The first-order valence-electron chi connectivity index (χ1n) is 13.7. The van der Waals surface area contributed by atoms with Crippen LogP contribution < -0.4 is 10.6 Å². The number of aliphatic carboxylic acids is 1. The van der Waals surface area contributed by atoms with Gasteiger partial charge in [0.25, 0.3) is 5.91 Å². The van der Waals surface area contributed by atoms with Crippen LogP contribution in [0.3, 0.4) is 0 Å². The molecule has 216 valence electrons. The van der Waals surface area contributed by atoms with Crippen LogP contribution in [-0.2, 0) is 11.3 Å². The molecule has 0 aromatic carbocycles. The zero-order chi connectivity index (χ0) is 28.5. The summed E-state index contributed by atoms with van der Waals surface area (Å²) in [6.07, 6.45) is 7.57. The van der Waals surface area contributed by atoms with Gasteiger partial charge in [0.2, 0.25) is 0 Å². The van der Waals surface area contributed by atoms with Crippen molar-refractivity contribution in [2.45, 2.75) is 58.5 Å². The van der Waals surface area contributed by atoms with Crippen LogP contribution in [0.5, 0.6) is 0 Å². The van der Waals surface area contributed by atoms with Crippen molar-refractivity contribution in [1.82, 2.24) is 24.8 Å². The molecule has 0 saturated carbocycles. The quantitative estimate of drug-likeness (QED) is 0.205. The number of nitrogens with zero attached hydrogens (tertiary/aromatic N) is 5. The molecule has 1 atom stereocenters. The van der Waals surface area contributed by atoms with Gasteiger partial charge in [-0.05, 0) is 44.8 Å². The summed E-state index contributed by atoms with van der Waals surface area (Å²) in [4.78, 5) is 44.0. The highest BCUT2D eigenvalue weighted by molar-refractivity contribution is 7.17. The highest BCUT2D eigenvalue weighted by atomic mass is 35.5. The molecule has 0 unspecified atom stereocenters. The number of amides is 1. The molecule has 1 fully saturated rings. The zero-order valence-corrected chi connectivity index (χ0v) is 25.2. The highest BCUT2D eigenvalue weighted by Crippen LogP contribution is 2.38. The highest BCUT2D eigenvalue weighted by Gasteiger charge is 2.26. The van der Waals surface area contributed by atoms with E-state index in [9.17, 15) is 9.59 Å². The Hall–Kier alpha value is -2.64. The molecule has 4 rings (SSSR count). The van der Waals surface area contributed by atoms with E-state index in [1.54, 1.807) is 11.3 Å². The number of carbonyl (C=O) groups is 2. The number of hydrogen-bond acceptors (Lipinski definition) is 10. The second kappa shape index (κ2) is 14.8. The molecular weight excluding hydrogens is 570 g/mol. The maximum Gasteiger partial charge on any atom is 0.304 e.